The van der Waals surface area contributed by atoms with Crippen LogP contribution in [0.25, 0.3) is 43.6 Å². The number of carbonyl (C=O) groups is 1. The molecule has 4 heterocycles. The number of benzene rings is 4. The number of aromatic nitrogens is 2. The maximum absolute atomic E-state index is 9.74. The monoisotopic (exact) mass is 654 g/mol. The summed E-state index contributed by atoms with van der Waals surface area (Å²) in [5.74, 6) is 1.93. The molecule has 12 heteroatoms. The Kier molecular flexibility index (Phi) is 15.4. The standard InChI is InChI=1S/C15H13NO2.C12H9NO.C3H5ClO.CH2O3.2K.H/c1-2-5-12-11(4-1)15-13(16-12)6-3-7-14(15)18-9-10-8-17-10;14-11-7-3-6-10-12(11)8-4-1-2-5-9(8)13-10;4-1-3-2-5-3;2-1-4-3;;;/h1-7,10,16H,8-9H2;1-7,13-14H;3H,1-2H2;1,3H;;;/q;;;;2*+1;-1/p-1/t10-;;3-;;;;/m1.1..../s1. The Morgan fingerprint density at radius 2 is 1.30 bits per heavy atom. The topological polar surface area (TPSA) is 135 Å². The van der Waals surface area contributed by atoms with Crippen LogP contribution in [0, 0.1) is 0 Å². The summed E-state index contributed by atoms with van der Waals surface area (Å²) < 4.78 is 15.8. The molecule has 6 aromatic rings. The molecule has 8 rings (SSSR count). The van der Waals surface area contributed by atoms with Crippen molar-refractivity contribution in [1.29, 1.82) is 0 Å². The Hall–Kier alpha value is -1.01. The first kappa shape index (κ1) is 36.5. The van der Waals surface area contributed by atoms with Gasteiger partial charge in [0.25, 0.3) is 6.47 Å². The fraction of sp³-hybridized carbons (Fsp3) is 0.194. The van der Waals surface area contributed by atoms with Crippen LogP contribution in [0.4, 0.5) is 0 Å². The molecule has 214 valence electrons. The minimum absolute atomic E-state index is 0. The summed E-state index contributed by atoms with van der Waals surface area (Å²) in [6, 6.07) is 27.9. The van der Waals surface area contributed by atoms with Crippen molar-refractivity contribution < 1.29 is 138 Å². The predicted molar refractivity (Wildman–Crippen MR) is 157 cm³/mol. The van der Waals surface area contributed by atoms with Gasteiger partial charge in [0.1, 0.15) is 24.2 Å². The van der Waals surface area contributed by atoms with Crippen molar-refractivity contribution >= 4 is 61.7 Å². The molecule has 3 N–H and O–H groups in total. The number of epoxide rings is 2. The van der Waals surface area contributed by atoms with E-state index in [-0.39, 0.29) is 117 Å². The zero-order valence-corrected chi connectivity index (χ0v) is 30.9. The third-order valence-corrected chi connectivity index (χ3v) is 6.79. The molecule has 2 fully saturated rings. The Balaban J connectivity index is 0.000000232. The number of rotatable bonds is 5. The van der Waals surface area contributed by atoms with Gasteiger partial charge in [0.05, 0.1) is 36.2 Å². The largest absolute Gasteiger partial charge is 1.00 e. The van der Waals surface area contributed by atoms with E-state index < -0.39 is 0 Å². The van der Waals surface area contributed by atoms with Crippen LogP contribution in [0.2, 0.25) is 0 Å². The van der Waals surface area contributed by atoms with Crippen LogP contribution in [0.1, 0.15) is 1.43 Å². The minimum Gasteiger partial charge on any atom is -1.00 e. The Morgan fingerprint density at radius 3 is 1.81 bits per heavy atom. The van der Waals surface area contributed by atoms with Crippen LogP contribution in [0.3, 0.4) is 0 Å². The van der Waals surface area contributed by atoms with Crippen molar-refractivity contribution in [1.82, 2.24) is 9.97 Å². The number of carbonyl (C=O) groups excluding carboxylic acids is 1. The van der Waals surface area contributed by atoms with E-state index in [2.05, 4.69) is 39.1 Å². The van der Waals surface area contributed by atoms with Crippen molar-refractivity contribution in [3.8, 4) is 11.5 Å². The fourth-order valence-corrected chi connectivity index (χ4v) is 4.55. The SMILES string of the molecule is ClC[C@@H]1CO1.O=CO[O-].Oc1cccc2[nH]c3ccccc3c12.[H-].[K+].[K+].c1ccc2c(c1)[nH]c1cccc(OC[C@H]3CO3)c12. The maximum atomic E-state index is 9.74. The summed E-state index contributed by atoms with van der Waals surface area (Å²) in [5.41, 5.74) is 4.30. The van der Waals surface area contributed by atoms with Crippen molar-refractivity contribution in [2.24, 2.45) is 0 Å². The number of ether oxygens (including phenoxy) is 3. The number of aromatic hydroxyl groups is 1. The molecule has 2 saturated heterocycles. The number of H-pyrrole nitrogens is 2. The maximum Gasteiger partial charge on any atom is 1.00 e. The van der Waals surface area contributed by atoms with Gasteiger partial charge in [0, 0.05) is 32.6 Å². The van der Waals surface area contributed by atoms with E-state index in [0.29, 0.717) is 24.3 Å². The van der Waals surface area contributed by atoms with Gasteiger partial charge in [-0.05, 0) is 36.4 Å². The van der Waals surface area contributed by atoms with Gasteiger partial charge < -0.3 is 40.9 Å². The van der Waals surface area contributed by atoms with Gasteiger partial charge in [-0.2, -0.15) is 0 Å². The van der Waals surface area contributed by atoms with Crippen LogP contribution in [-0.2, 0) is 19.2 Å². The third-order valence-electron chi connectivity index (χ3n) is 6.44. The molecule has 2 aliphatic rings. The number of halogens is 1. The Labute approximate surface area is 339 Å². The first-order valence-corrected chi connectivity index (χ1v) is 13.5. The average Bonchev–Trinajstić information content (AvgIpc) is 3.94. The molecule has 0 unspecified atom stereocenters. The Bertz CT molecular complexity index is 1760. The summed E-state index contributed by atoms with van der Waals surface area (Å²) in [5, 5.41) is 22.5. The molecule has 2 aromatic heterocycles. The number of fused-ring (bicyclic) bond motifs is 6. The second kappa shape index (κ2) is 18.2. The molecule has 0 aliphatic carbocycles. The second-order valence-electron chi connectivity index (χ2n) is 9.29. The summed E-state index contributed by atoms with van der Waals surface area (Å²) >= 11 is 5.27. The van der Waals surface area contributed by atoms with Gasteiger partial charge in [-0.3, -0.25) is 4.79 Å². The molecule has 4 aromatic carbocycles. The van der Waals surface area contributed by atoms with Gasteiger partial charge in [0.15, 0.2) is 0 Å². The van der Waals surface area contributed by atoms with Crippen LogP contribution in [-0.4, -0.2) is 59.5 Å². The second-order valence-corrected chi connectivity index (χ2v) is 9.60. The van der Waals surface area contributed by atoms with Gasteiger partial charge in [0.2, 0.25) is 0 Å². The number of phenolic OH excluding ortho intramolecular Hbond substituents is 1. The first-order chi connectivity index (χ1) is 20.1. The molecule has 0 amide bonds. The zero-order chi connectivity index (χ0) is 28.6. The molecular formula is C31H29ClK2N2O7. The van der Waals surface area contributed by atoms with E-state index in [1.54, 1.807) is 6.07 Å². The molecular weight excluding hydrogens is 626 g/mol. The quantitative estimate of drug-likeness (QED) is 0.0559. The molecule has 9 nitrogen and oxygen atoms in total. The summed E-state index contributed by atoms with van der Waals surface area (Å²) in [6.07, 6.45) is 0.683. The van der Waals surface area contributed by atoms with E-state index in [9.17, 15) is 5.11 Å². The first-order valence-electron chi connectivity index (χ1n) is 12.9. The van der Waals surface area contributed by atoms with Gasteiger partial charge in [-0.25, -0.2) is 0 Å². The molecule has 0 saturated carbocycles. The molecule has 0 bridgehead atoms. The van der Waals surface area contributed by atoms with E-state index in [1.807, 2.05) is 54.6 Å². The number of hydrogen-bond acceptors (Lipinski definition) is 7. The molecule has 2 aliphatic heterocycles. The van der Waals surface area contributed by atoms with E-state index in [1.165, 1.54) is 5.39 Å². The van der Waals surface area contributed by atoms with Crippen molar-refractivity contribution in [3.05, 3.63) is 84.9 Å². The molecule has 2 atom stereocenters. The van der Waals surface area contributed by atoms with E-state index in [0.717, 1.165) is 57.2 Å². The van der Waals surface area contributed by atoms with Crippen LogP contribution < -0.4 is 113 Å². The van der Waals surface area contributed by atoms with Crippen molar-refractivity contribution in [2.45, 2.75) is 12.2 Å². The minimum atomic E-state index is -0.181. The number of phenols is 1. The van der Waals surface area contributed by atoms with Crippen LogP contribution >= 0.6 is 11.6 Å². The van der Waals surface area contributed by atoms with Gasteiger partial charge in [-0.1, -0.05) is 48.5 Å². The fourth-order valence-electron chi connectivity index (χ4n) is 4.38. The predicted octanol–water partition coefficient (Wildman–Crippen LogP) is -0.695. The number of alkyl halides is 1. The Morgan fingerprint density at radius 1 is 0.814 bits per heavy atom. The van der Waals surface area contributed by atoms with Crippen molar-refractivity contribution in [3.63, 3.8) is 0 Å². The van der Waals surface area contributed by atoms with E-state index in [4.69, 9.17) is 35.9 Å². The molecule has 0 spiro atoms. The average molecular weight is 655 g/mol. The zero-order valence-electron chi connectivity index (χ0n) is 24.9. The molecule has 0 radical (unpaired) electrons. The smallest absolute Gasteiger partial charge is 1.00 e. The summed E-state index contributed by atoms with van der Waals surface area (Å²) in [6.45, 7) is 2.16. The van der Waals surface area contributed by atoms with E-state index >= 15 is 0 Å². The molecule has 43 heavy (non-hydrogen) atoms. The summed E-state index contributed by atoms with van der Waals surface area (Å²) in [7, 11) is 0. The number of hydrogen-bond donors (Lipinski definition) is 3. The number of aromatic amines is 2. The summed E-state index contributed by atoms with van der Waals surface area (Å²) in [4.78, 5) is 17.9. The normalized spacial score (nSPS) is 15.8. The van der Waals surface area contributed by atoms with Crippen molar-refractivity contribution in [2.75, 3.05) is 25.7 Å². The number of para-hydroxylation sites is 2. The third kappa shape index (κ3) is 9.99. The van der Waals surface area contributed by atoms with Gasteiger partial charge >= 0.3 is 103 Å². The van der Waals surface area contributed by atoms with Crippen LogP contribution in [0.15, 0.2) is 84.9 Å². The van der Waals surface area contributed by atoms with Crippen LogP contribution in [0.5, 0.6) is 11.5 Å². The van der Waals surface area contributed by atoms with Gasteiger partial charge in [-0.15, -0.1) is 11.6 Å². The number of nitrogens with one attached hydrogen (secondary N) is 2.